The Morgan fingerprint density at radius 2 is 1.62 bits per heavy atom. The summed E-state index contributed by atoms with van der Waals surface area (Å²) in [5.41, 5.74) is 5.81. The van der Waals surface area contributed by atoms with E-state index in [2.05, 4.69) is 23.5 Å². The second-order valence-electron chi connectivity index (χ2n) is 7.96. The van der Waals surface area contributed by atoms with Crippen molar-refractivity contribution < 1.29 is 0 Å². The number of nitrogens with zero attached hydrogens (tertiary/aromatic N) is 1. The van der Waals surface area contributed by atoms with Crippen molar-refractivity contribution in [3.63, 3.8) is 0 Å². The molecule has 130 valence electrons. The van der Waals surface area contributed by atoms with Gasteiger partial charge in [-0.05, 0) is 37.7 Å². The van der Waals surface area contributed by atoms with E-state index in [-0.39, 0.29) is 0 Å². The van der Waals surface area contributed by atoms with Crippen LogP contribution in [0.4, 0.5) is 5.69 Å². The van der Waals surface area contributed by atoms with Gasteiger partial charge in [-0.2, -0.15) is 0 Å². The number of hydrogen-bond donors (Lipinski definition) is 1. The minimum absolute atomic E-state index is 0.670. The first-order valence-electron chi connectivity index (χ1n) is 10.4. The molecule has 2 atom stereocenters. The van der Waals surface area contributed by atoms with E-state index in [1.807, 2.05) is 0 Å². The quantitative estimate of drug-likeness (QED) is 0.667. The average Bonchev–Trinajstić information content (AvgIpc) is 2.81. The summed E-state index contributed by atoms with van der Waals surface area (Å²) >= 11 is 0. The molecule has 3 aliphatic rings. The molecular formula is C22H32N2. The summed E-state index contributed by atoms with van der Waals surface area (Å²) in [5, 5.41) is 3.93. The van der Waals surface area contributed by atoms with Gasteiger partial charge in [0.15, 0.2) is 0 Å². The zero-order valence-electron chi connectivity index (χ0n) is 15.0. The van der Waals surface area contributed by atoms with Gasteiger partial charge in [-0.25, -0.2) is 0 Å². The standard InChI is InChI=1S/C22H32N2/c1-2-4-9-16-23-20(14-7-3-1)19-13-10-12-18-17-11-6-5-8-15-21(17)24-22(18)19/h10,12-13,17,21,24H,1-9,11,14-16H2/b23-20+. The highest BCUT2D eigenvalue weighted by Gasteiger charge is 2.34. The largest absolute Gasteiger partial charge is 0.381 e. The summed E-state index contributed by atoms with van der Waals surface area (Å²) < 4.78 is 0. The Morgan fingerprint density at radius 3 is 2.58 bits per heavy atom. The van der Waals surface area contributed by atoms with Crippen LogP contribution in [-0.2, 0) is 0 Å². The van der Waals surface area contributed by atoms with Crippen molar-refractivity contribution in [2.24, 2.45) is 4.99 Å². The average molecular weight is 325 g/mol. The van der Waals surface area contributed by atoms with Crippen LogP contribution in [-0.4, -0.2) is 18.3 Å². The van der Waals surface area contributed by atoms with E-state index in [1.165, 1.54) is 87.6 Å². The predicted octanol–water partition coefficient (Wildman–Crippen LogP) is 6.06. The Hall–Kier alpha value is -1.31. The molecule has 2 nitrogen and oxygen atoms in total. The Balaban J connectivity index is 1.63. The number of hydrogen-bond acceptors (Lipinski definition) is 2. The zero-order chi connectivity index (χ0) is 16.2. The van der Waals surface area contributed by atoms with Crippen LogP contribution in [0.2, 0.25) is 0 Å². The summed E-state index contributed by atoms with van der Waals surface area (Å²) in [6.45, 7) is 1.02. The van der Waals surface area contributed by atoms with Gasteiger partial charge in [0.05, 0.1) is 0 Å². The van der Waals surface area contributed by atoms with Gasteiger partial charge in [0.2, 0.25) is 0 Å². The van der Waals surface area contributed by atoms with Crippen molar-refractivity contribution in [2.45, 2.75) is 89.0 Å². The Labute approximate surface area is 147 Å². The highest BCUT2D eigenvalue weighted by atomic mass is 15.0. The first kappa shape index (κ1) is 16.2. The normalized spacial score (nSPS) is 30.2. The van der Waals surface area contributed by atoms with Gasteiger partial charge in [-0.1, -0.05) is 63.1 Å². The molecule has 2 heterocycles. The molecule has 0 bridgehead atoms. The zero-order valence-corrected chi connectivity index (χ0v) is 15.0. The second kappa shape index (κ2) is 7.72. The fourth-order valence-electron chi connectivity index (χ4n) is 4.94. The smallest absolute Gasteiger partial charge is 0.0470 e. The minimum Gasteiger partial charge on any atom is -0.381 e. The van der Waals surface area contributed by atoms with Crippen LogP contribution in [0, 0.1) is 0 Å². The van der Waals surface area contributed by atoms with Crippen molar-refractivity contribution in [3.05, 3.63) is 29.3 Å². The lowest BCUT2D eigenvalue weighted by Crippen LogP contribution is -2.19. The monoisotopic (exact) mass is 324 g/mol. The SMILES string of the molecule is c1cc(/C2=N/CCCCCCCC2)c2c(c1)C1CCCCCC1N2. The van der Waals surface area contributed by atoms with Crippen LogP contribution in [0.3, 0.4) is 0 Å². The number of nitrogens with one attached hydrogen (secondary N) is 1. The van der Waals surface area contributed by atoms with Crippen molar-refractivity contribution >= 4 is 11.4 Å². The first-order valence-corrected chi connectivity index (χ1v) is 10.4. The lowest BCUT2D eigenvalue weighted by molar-refractivity contribution is 0.562. The molecule has 2 heteroatoms. The number of anilines is 1. The van der Waals surface area contributed by atoms with E-state index in [9.17, 15) is 0 Å². The maximum absolute atomic E-state index is 5.05. The highest BCUT2D eigenvalue weighted by molar-refractivity contribution is 6.06. The summed E-state index contributed by atoms with van der Waals surface area (Å²) in [4.78, 5) is 5.05. The Morgan fingerprint density at radius 1 is 0.833 bits per heavy atom. The fourth-order valence-corrected chi connectivity index (χ4v) is 4.94. The van der Waals surface area contributed by atoms with E-state index in [0.29, 0.717) is 6.04 Å². The van der Waals surface area contributed by atoms with Crippen LogP contribution < -0.4 is 5.32 Å². The van der Waals surface area contributed by atoms with Crippen LogP contribution >= 0.6 is 0 Å². The maximum atomic E-state index is 5.05. The van der Waals surface area contributed by atoms with Gasteiger partial charge in [0, 0.05) is 35.5 Å². The Kier molecular flexibility index (Phi) is 5.20. The van der Waals surface area contributed by atoms with Gasteiger partial charge < -0.3 is 5.32 Å². The lowest BCUT2D eigenvalue weighted by atomic mass is 9.89. The van der Waals surface area contributed by atoms with Gasteiger partial charge in [-0.3, -0.25) is 4.99 Å². The number of fused-ring (bicyclic) bond motifs is 3. The number of para-hydroxylation sites is 1. The van der Waals surface area contributed by atoms with Gasteiger partial charge in [-0.15, -0.1) is 0 Å². The number of rotatable bonds is 1. The van der Waals surface area contributed by atoms with Crippen molar-refractivity contribution in [3.8, 4) is 0 Å². The van der Waals surface area contributed by atoms with E-state index in [4.69, 9.17) is 4.99 Å². The molecular weight excluding hydrogens is 292 g/mol. The molecule has 1 aliphatic carbocycles. The minimum atomic E-state index is 0.670. The van der Waals surface area contributed by atoms with Gasteiger partial charge in [0.1, 0.15) is 0 Å². The van der Waals surface area contributed by atoms with Crippen molar-refractivity contribution in [1.82, 2.24) is 0 Å². The molecule has 24 heavy (non-hydrogen) atoms. The predicted molar refractivity (Wildman–Crippen MR) is 103 cm³/mol. The topological polar surface area (TPSA) is 24.4 Å². The molecule has 1 aromatic rings. The van der Waals surface area contributed by atoms with Crippen LogP contribution in [0.5, 0.6) is 0 Å². The molecule has 0 amide bonds. The number of aliphatic imine (C=N–C) groups is 1. The van der Waals surface area contributed by atoms with Gasteiger partial charge >= 0.3 is 0 Å². The van der Waals surface area contributed by atoms with Crippen LogP contribution in [0.25, 0.3) is 0 Å². The third-order valence-corrected chi connectivity index (χ3v) is 6.28. The molecule has 0 radical (unpaired) electrons. The fraction of sp³-hybridized carbons (Fsp3) is 0.682. The summed E-state index contributed by atoms with van der Waals surface area (Å²) in [5.74, 6) is 0.739. The summed E-state index contributed by atoms with van der Waals surface area (Å²) in [7, 11) is 0. The summed E-state index contributed by atoms with van der Waals surface area (Å²) in [6, 6.07) is 7.65. The Bertz CT molecular complexity index is 590. The molecule has 4 rings (SSSR count). The molecule has 0 spiro atoms. The molecule has 2 unspecified atom stereocenters. The van der Waals surface area contributed by atoms with E-state index < -0.39 is 0 Å². The molecule has 0 saturated heterocycles. The van der Waals surface area contributed by atoms with Crippen LogP contribution in [0.15, 0.2) is 23.2 Å². The van der Waals surface area contributed by atoms with Crippen molar-refractivity contribution in [2.75, 3.05) is 11.9 Å². The molecule has 1 saturated carbocycles. The molecule has 1 fully saturated rings. The van der Waals surface area contributed by atoms with E-state index in [1.54, 1.807) is 5.56 Å². The third-order valence-electron chi connectivity index (χ3n) is 6.28. The maximum Gasteiger partial charge on any atom is 0.0470 e. The first-order chi connectivity index (χ1) is 11.9. The molecule has 1 aromatic carbocycles. The molecule has 1 N–H and O–H groups in total. The summed E-state index contributed by atoms with van der Waals surface area (Å²) in [6.07, 6.45) is 16.1. The van der Waals surface area contributed by atoms with E-state index >= 15 is 0 Å². The highest BCUT2D eigenvalue weighted by Crippen LogP contribution is 2.44. The van der Waals surface area contributed by atoms with Gasteiger partial charge in [0.25, 0.3) is 0 Å². The molecule has 2 aliphatic heterocycles. The van der Waals surface area contributed by atoms with Crippen molar-refractivity contribution in [1.29, 1.82) is 0 Å². The second-order valence-corrected chi connectivity index (χ2v) is 7.96. The van der Waals surface area contributed by atoms with E-state index in [0.717, 1.165) is 18.9 Å². The third kappa shape index (κ3) is 3.38. The van der Waals surface area contributed by atoms with Crippen LogP contribution in [0.1, 0.15) is 94.1 Å². The molecule has 0 aromatic heterocycles. The lowest BCUT2D eigenvalue weighted by Gasteiger charge is -2.16. The number of benzene rings is 1.